The number of H-pyrrole nitrogens is 1. The van der Waals surface area contributed by atoms with Crippen molar-refractivity contribution in [3.63, 3.8) is 0 Å². The number of thiol groups is 1. The van der Waals surface area contributed by atoms with Crippen molar-refractivity contribution in [1.82, 2.24) is 29.7 Å². The molecule has 8 heteroatoms. The van der Waals surface area contributed by atoms with E-state index in [0.29, 0.717) is 5.82 Å². The van der Waals surface area contributed by atoms with Crippen LogP contribution in [0.25, 0.3) is 28.1 Å². The van der Waals surface area contributed by atoms with Gasteiger partial charge in [0.1, 0.15) is 11.1 Å². The number of nitrogens with one attached hydrogen (secondary N) is 1. The van der Waals surface area contributed by atoms with Crippen molar-refractivity contribution in [1.29, 1.82) is 0 Å². The lowest BCUT2D eigenvalue weighted by Crippen LogP contribution is -2.07. The molecule has 1 atom stereocenters. The third kappa shape index (κ3) is 3.34. The van der Waals surface area contributed by atoms with E-state index in [4.69, 9.17) is 12.6 Å². The third-order valence-electron chi connectivity index (χ3n) is 4.62. The predicted molar refractivity (Wildman–Crippen MR) is 119 cm³/mol. The average molecular weight is 463 g/mol. The summed E-state index contributed by atoms with van der Waals surface area (Å²) in [5.74, 6) is 2.13. The third-order valence-corrected chi connectivity index (χ3v) is 5.63. The summed E-state index contributed by atoms with van der Waals surface area (Å²) < 4.78 is 3.01. The molecule has 0 aliphatic rings. The number of benzene rings is 2. The van der Waals surface area contributed by atoms with E-state index in [1.54, 1.807) is 12.4 Å². The largest absolute Gasteiger partial charge is 0.341 e. The summed E-state index contributed by atoms with van der Waals surface area (Å²) in [6, 6.07) is 19.7. The first kappa shape index (κ1) is 18.1. The van der Waals surface area contributed by atoms with Crippen LogP contribution in [0.5, 0.6) is 0 Å². The molecule has 142 valence electrons. The van der Waals surface area contributed by atoms with Crippen LogP contribution in [-0.4, -0.2) is 29.7 Å². The van der Waals surface area contributed by atoms with Crippen molar-refractivity contribution >= 4 is 39.6 Å². The lowest BCUT2D eigenvalue weighted by Gasteiger charge is -2.13. The Bertz CT molecular complexity index is 1250. The minimum absolute atomic E-state index is 0.380. The van der Waals surface area contributed by atoms with Gasteiger partial charge in [0.2, 0.25) is 0 Å². The van der Waals surface area contributed by atoms with E-state index in [2.05, 4.69) is 41.1 Å². The Kier molecular flexibility index (Phi) is 4.65. The standard InChI is InChI=1S/C21H15BrN6S/c22-14-5-7-15(8-6-14)28-20(13-9-11-23-12-10-13)26-27-21(28)18(29)19-24-16-3-1-2-4-17(16)25-19/h1-12,18,29H,(H,24,25). The minimum atomic E-state index is -0.380. The predicted octanol–water partition coefficient (Wildman–Crippen LogP) is 4.99. The Morgan fingerprint density at radius 3 is 2.45 bits per heavy atom. The highest BCUT2D eigenvalue weighted by atomic mass is 79.9. The number of aromatic nitrogens is 6. The van der Waals surface area contributed by atoms with Gasteiger partial charge in [-0.2, -0.15) is 12.6 Å². The molecule has 29 heavy (non-hydrogen) atoms. The Labute approximate surface area is 180 Å². The first-order valence-electron chi connectivity index (χ1n) is 8.95. The molecule has 0 radical (unpaired) electrons. The molecule has 0 fully saturated rings. The molecule has 0 saturated heterocycles. The number of nitrogens with zero attached hydrogens (tertiary/aromatic N) is 5. The molecule has 5 rings (SSSR count). The average Bonchev–Trinajstić information content (AvgIpc) is 3.39. The summed E-state index contributed by atoms with van der Waals surface area (Å²) in [6.45, 7) is 0. The molecule has 1 N–H and O–H groups in total. The van der Waals surface area contributed by atoms with Gasteiger partial charge in [-0.1, -0.05) is 28.1 Å². The summed E-state index contributed by atoms with van der Waals surface area (Å²) in [4.78, 5) is 12.1. The summed E-state index contributed by atoms with van der Waals surface area (Å²) in [5.41, 5.74) is 3.72. The zero-order chi connectivity index (χ0) is 19.8. The molecule has 0 spiro atoms. The molecule has 0 aliphatic carbocycles. The molecule has 6 nitrogen and oxygen atoms in total. The number of imidazole rings is 1. The van der Waals surface area contributed by atoms with Gasteiger partial charge >= 0.3 is 0 Å². The summed E-state index contributed by atoms with van der Waals surface area (Å²) in [5, 5.41) is 8.57. The molecule has 0 saturated carbocycles. The Morgan fingerprint density at radius 1 is 0.931 bits per heavy atom. The molecule has 5 aromatic rings. The number of hydrogen-bond donors (Lipinski definition) is 2. The van der Waals surface area contributed by atoms with Crippen LogP contribution in [0, 0.1) is 0 Å². The maximum atomic E-state index is 4.85. The highest BCUT2D eigenvalue weighted by molar-refractivity contribution is 9.10. The smallest absolute Gasteiger partial charge is 0.168 e. The molecule has 3 aromatic heterocycles. The van der Waals surface area contributed by atoms with Crippen LogP contribution in [0.4, 0.5) is 0 Å². The maximum Gasteiger partial charge on any atom is 0.168 e. The van der Waals surface area contributed by atoms with E-state index in [1.807, 2.05) is 65.2 Å². The van der Waals surface area contributed by atoms with Crippen molar-refractivity contribution in [2.45, 2.75) is 5.25 Å². The van der Waals surface area contributed by atoms with Crippen LogP contribution in [0.15, 0.2) is 77.5 Å². The lowest BCUT2D eigenvalue weighted by molar-refractivity contribution is 0.861. The van der Waals surface area contributed by atoms with Gasteiger partial charge in [0, 0.05) is 28.1 Å². The second kappa shape index (κ2) is 7.46. The van der Waals surface area contributed by atoms with Gasteiger partial charge in [-0.25, -0.2) is 4.98 Å². The van der Waals surface area contributed by atoms with Crippen LogP contribution in [0.2, 0.25) is 0 Å². The fourth-order valence-corrected chi connectivity index (χ4v) is 3.78. The zero-order valence-corrected chi connectivity index (χ0v) is 17.5. The van der Waals surface area contributed by atoms with E-state index in [-0.39, 0.29) is 5.25 Å². The highest BCUT2D eigenvalue weighted by Gasteiger charge is 2.24. The van der Waals surface area contributed by atoms with E-state index in [0.717, 1.165) is 38.4 Å². The van der Waals surface area contributed by atoms with Crippen molar-refractivity contribution in [3.8, 4) is 17.1 Å². The fraction of sp³-hybridized carbons (Fsp3) is 0.0476. The molecule has 0 bridgehead atoms. The Balaban J connectivity index is 1.68. The number of aromatic amines is 1. The number of rotatable bonds is 4. The molecular formula is C21H15BrN6S. The van der Waals surface area contributed by atoms with Crippen LogP contribution in [-0.2, 0) is 0 Å². The van der Waals surface area contributed by atoms with E-state index >= 15 is 0 Å². The van der Waals surface area contributed by atoms with Crippen molar-refractivity contribution in [3.05, 3.63) is 89.2 Å². The van der Waals surface area contributed by atoms with E-state index in [1.165, 1.54) is 0 Å². The number of pyridine rings is 1. The number of hydrogen-bond acceptors (Lipinski definition) is 5. The molecule has 3 heterocycles. The Hall–Kier alpha value is -2.97. The molecule has 0 amide bonds. The first-order valence-corrected chi connectivity index (χ1v) is 10.3. The lowest BCUT2D eigenvalue weighted by atomic mass is 10.2. The fourth-order valence-electron chi connectivity index (χ4n) is 3.23. The van der Waals surface area contributed by atoms with E-state index in [9.17, 15) is 0 Å². The number of para-hydroxylation sites is 2. The minimum Gasteiger partial charge on any atom is -0.341 e. The summed E-state index contributed by atoms with van der Waals surface area (Å²) in [7, 11) is 0. The monoisotopic (exact) mass is 462 g/mol. The normalized spacial score (nSPS) is 12.3. The quantitative estimate of drug-likeness (QED) is 0.369. The van der Waals surface area contributed by atoms with Crippen molar-refractivity contribution in [2.75, 3.05) is 0 Å². The number of halogens is 1. The van der Waals surface area contributed by atoms with Crippen molar-refractivity contribution < 1.29 is 0 Å². The van der Waals surface area contributed by atoms with Gasteiger partial charge < -0.3 is 4.98 Å². The van der Waals surface area contributed by atoms with Gasteiger partial charge in [-0.3, -0.25) is 9.55 Å². The molecule has 2 aromatic carbocycles. The van der Waals surface area contributed by atoms with E-state index < -0.39 is 0 Å². The zero-order valence-electron chi connectivity index (χ0n) is 15.1. The van der Waals surface area contributed by atoms with Crippen LogP contribution < -0.4 is 0 Å². The molecular weight excluding hydrogens is 448 g/mol. The summed E-state index contributed by atoms with van der Waals surface area (Å²) >= 11 is 8.34. The highest BCUT2D eigenvalue weighted by Crippen LogP contribution is 2.32. The SMILES string of the molecule is SC(c1nc2ccccc2[nH]1)c1nnc(-c2ccncc2)n1-c1ccc(Br)cc1. The van der Waals surface area contributed by atoms with Gasteiger partial charge in [0.05, 0.1) is 11.0 Å². The van der Waals surface area contributed by atoms with Crippen LogP contribution >= 0.6 is 28.6 Å². The first-order chi connectivity index (χ1) is 14.2. The Morgan fingerprint density at radius 2 is 1.69 bits per heavy atom. The van der Waals surface area contributed by atoms with Crippen LogP contribution in [0.1, 0.15) is 16.9 Å². The second-order valence-corrected chi connectivity index (χ2v) is 7.90. The summed E-state index contributed by atoms with van der Waals surface area (Å²) in [6.07, 6.45) is 3.49. The molecule has 1 unspecified atom stereocenters. The van der Waals surface area contributed by atoms with Gasteiger partial charge in [-0.15, -0.1) is 10.2 Å². The van der Waals surface area contributed by atoms with Crippen molar-refractivity contribution in [2.24, 2.45) is 0 Å². The van der Waals surface area contributed by atoms with Gasteiger partial charge in [0.15, 0.2) is 11.6 Å². The second-order valence-electron chi connectivity index (χ2n) is 6.47. The number of fused-ring (bicyclic) bond motifs is 1. The van der Waals surface area contributed by atoms with Crippen LogP contribution in [0.3, 0.4) is 0 Å². The van der Waals surface area contributed by atoms with Gasteiger partial charge in [-0.05, 0) is 48.5 Å². The maximum absolute atomic E-state index is 4.85. The van der Waals surface area contributed by atoms with Gasteiger partial charge in [0.25, 0.3) is 0 Å². The molecule has 0 aliphatic heterocycles. The topological polar surface area (TPSA) is 72.3 Å².